The fourth-order valence-corrected chi connectivity index (χ4v) is 2.24. The maximum atomic E-state index is 8.70. The lowest BCUT2D eigenvalue weighted by molar-refractivity contribution is 0.337. The van der Waals surface area contributed by atoms with E-state index in [1.54, 1.807) is 6.20 Å². The van der Waals surface area contributed by atoms with Crippen LogP contribution in [0, 0.1) is 11.3 Å². The topological polar surface area (TPSA) is 56.0 Å². The molecular weight excluding hydrogens is 214 g/mol. The predicted octanol–water partition coefficient (Wildman–Crippen LogP) is 0.879. The number of rotatable bonds is 1. The monoisotopic (exact) mass is 231 g/mol. The van der Waals surface area contributed by atoms with E-state index in [1.807, 2.05) is 6.07 Å². The van der Waals surface area contributed by atoms with Crippen molar-refractivity contribution in [3.8, 4) is 6.07 Å². The molecule has 2 heterocycles. The molecule has 17 heavy (non-hydrogen) atoms. The third-order valence-electron chi connectivity index (χ3n) is 3.09. The van der Waals surface area contributed by atoms with E-state index in [9.17, 15) is 0 Å². The second-order valence-corrected chi connectivity index (χ2v) is 4.53. The lowest BCUT2D eigenvalue weighted by atomic mass is 10.3. The van der Waals surface area contributed by atoms with E-state index < -0.39 is 0 Å². The van der Waals surface area contributed by atoms with Gasteiger partial charge in [0.25, 0.3) is 0 Å². The Bertz CT molecular complexity index is 408. The Hall–Kier alpha value is -1.67. The predicted molar refractivity (Wildman–Crippen MR) is 65.7 cm³/mol. The molecule has 1 aromatic heterocycles. The van der Waals surface area contributed by atoms with Crippen molar-refractivity contribution in [1.82, 2.24) is 14.9 Å². The molecule has 0 N–H and O–H groups in total. The van der Waals surface area contributed by atoms with Gasteiger partial charge < -0.3 is 9.80 Å². The summed E-state index contributed by atoms with van der Waals surface area (Å²) in [6, 6.07) is 2.41. The first-order valence-corrected chi connectivity index (χ1v) is 5.88. The van der Waals surface area contributed by atoms with E-state index in [2.05, 4.69) is 33.7 Å². The number of anilines is 1. The number of nitriles is 1. The Labute approximate surface area is 102 Å². The van der Waals surface area contributed by atoms with Gasteiger partial charge in [0, 0.05) is 19.1 Å². The zero-order valence-corrected chi connectivity index (χ0v) is 10.3. The normalized spacial score (nSPS) is 21.9. The largest absolute Gasteiger partial charge is 0.351 e. The van der Waals surface area contributed by atoms with Crippen molar-refractivity contribution in [3.05, 3.63) is 18.1 Å². The van der Waals surface area contributed by atoms with Crippen LogP contribution in [0.2, 0.25) is 0 Å². The highest BCUT2D eigenvalue weighted by molar-refractivity contribution is 5.38. The van der Waals surface area contributed by atoms with Crippen LogP contribution in [0.5, 0.6) is 0 Å². The van der Waals surface area contributed by atoms with Crippen LogP contribution in [-0.4, -0.2) is 47.6 Å². The Morgan fingerprint density at radius 3 is 2.82 bits per heavy atom. The van der Waals surface area contributed by atoms with E-state index in [1.165, 1.54) is 6.20 Å². The lowest BCUT2D eigenvalue weighted by Crippen LogP contribution is -2.38. The molecule has 0 amide bonds. The standard InChI is InChI=1S/C12H17N5/c1-10-9-16(2)4-3-5-17(10)12-8-14-11(6-13)7-15-12/h7-8,10H,3-5,9H2,1-2H3. The summed E-state index contributed by atoms with van der Waals surface area (Å²) >= 11 is 0. The van der Waals surface area contributed by atoms with Crippen molar-refractivity contribution in [2.45, 2.75) is 19.4 Å². The van der Waals surface area contributed by atoms with E-state index in [0.29, 0.717) is 11.7 Å². The molecule has 2 rings (SSSR count). The molecule has 0 bridgehead atoms. The van der Waals surface area contributed by atoms with Gasteiger partial charge in [-0.2, -0.15) is 5.26 Å². The number of hydrogen-bond acceptors (Lipinski definition) is 5. The first-order chi connectivity index (χ1) is 8.20. The molecular formula is C12H17N5. The van der Waals surface area contributed by atoms with Crippen LogP contribution in [0.4, 0.5) is 5.82 Å². The number of aromatic nitrogens is 2. The van der Waals surface area contributed by atoms with Crippen LogP contribution < -0.4 is 4.90 Å². The summed E-state index contributed by atoms with van der Waals surface area (Å²) < 4.78 is 0. The first-order valence-electron chi connectivity index (χ1n) is 5.88. The number of nitrogens with zero attached hydrogens (tertiary/aromatic N) is 5. The maximum absolute atomic E-state index is 8.70. The van der Waals surface area contributed by atoms with Crippen LogP contribution in [0.15, 0.2) is 12.4 Å². The summed E-state index contributed by atoms with van der Waals surface area (Å²) in [4.78, 5) is 13.0. The molecule has 0 saturated carbocycles. The Kier molecular flexibility index (Phi) is 3.55. The third kappa shape index (κ3) is 2.71. The first kappa shape index (κ1) is 11.8. The fraction of sp³-hybridized carbons (Fsp3) is 0.583. The van der Waals surface area contributed by atoms with Gasteiger partial charge in [0.15, 0.2) is 5.69 Å². The number of hydrogen-bond donors (Lipinski definition) is 0. The van der Waals surface area contributed by atoms with Crippen molar-refractivity contribution in [1.29, 1.82) is 5.26 Å². The van der Waals surface area contributed by atoms with Crippen LogP contribution in [-0.2, 0) is 0 Å². The molecule has 5 heteroatoms. The maximum Gasteiger partial charge on any atom is 0.158 e. The van der Waals surface area contributed by atoms with Gasteiger partial charge in [-0.25, -0.2) is 9.97 Å². The van der Waals surface area contributed by atoms with Gasteiger partial charge in [-0.05, 0) is 26.9 Å². The molecule has 1 aromatic rings. The third-order valence-corrected chi connectivity index (χ3v) is 3.09. The second kappa shape index (κ2) is 5.11. The zero-order chi connectivity index (χ0) is 12.3. The molecule has 0 radical (unpaired) electrons. The second-order valence-electron chi connectivity index (χ2n) is 4.53. The van der Waals surface area contributed by atoms with Crippen molar-refractivity contribution in [3.63, 3.8) is 0 Å². The molecule has 5 nitrogen and oxygen atoms in total. The zero-order valence-electron chi connectivity index (χ0n) is 10.3. The fourth-order valence-electron chi connectivity index (χ4n) is 2.24. The molecule has 1 unspecified atom stereocenters. The smallest absolute Gasteiger partial charge is 0.158 e. The van der Waals surface area contributed by atoms with Crippen molar-refractivity contribution >= 4 is 5.82 Å². The lowest BCUT2D eigenvalue weighted by Gasteiger charge is -2.28. The minimum absolute atomic E-state index is 0.369. The highest BCUT2D eigenvalue weighted by atomic mass is 15.3. The van der Waals surface area contributed by atoms with Crippen molar-refractivity contribution < 1.29 is 0 Å². The average molecular weight is 231 g/mol. The van der Waals surface area contributed by atoms with Gasteiger partial charge in [-0.1, -0.05) is 0 Å². The summed E-state index contributed by atoms with van der Waals surface area (Å²) in [6.45, 7) is 5.33. The van der Waals surface area contributed by atoms with Crippen LogP contribution in [0.1, 0.15) is 19.0 Å². The molecule has 90 valence electrons. The van der Waals surface area contributed by atoms with E-state index in [0.717, 1.165) is 31.9 Å². The minimum Gasteiger partial charge on any atom is -0.351 e. The van der Waals surface area contributed by atoms with Crippen LogP contribution >= 0.6 is 0 Å². The minimum atomic E-state index is 0.369. The SMILES string of the molecule is CC1CN(C)CCCN1c1cnc(C#N)cn1. The molecule has 1 fully saturated rings. The summed E-state index contributed by atoms with van der Waals surface area (Å²) in [5.41, 5.74) is 0.369. The van der Waals surface area contributed by atoms with Crippen LogP contribution in [0.25, 0.3) is 0 Å². The molecule has 0 aliphatic carbocycles. The Morgan fingerprint density at radius 2 is 2.18 bits per heavy atom. The van der Waals surface area contributed by atoms with Crippen LogP contribution in [0.3, 0.4) is 0 Å². The summed E-state index contributed by atoms with van der Waals surface area (Å²) in [5, 5.41) is 8.70. The molecule has 1 saturated heterocycles. The highest BCUT2D eigenvalue weighted by Gasteiger charge is 2.20. The highest BCUT2D eigenvalue weighted by Crippen LogP contribution is 2.16. The Morgan fingerprint density at radius 1 is 1.35 bits per heavy atom. The quantitative estimate of drug-likeness (QED) is 0.718. The van der Waals surface area contributed by atoms with E-state index in [4.69, 9.17) is 5.26 Å². The van der Waals surface area contributed by atoms with Crippen molar-refractivity contribution in [2.24, 2.45) is 0 Å². The molecule has 1 atom stereocenters. The summed E-state index contributed by atoms with van der Waals surface area (Å²) in [6.07, 6.45) is 4.36. The van der Waals surface area contributed by atoms with Gasteiger partial charge in [-0.15, -0.1) is 0 Å². The Balaban J connectivity index is 2.17. The van der Waals surface area contributed by atoms with Gasteiger partial charge in [0.2, 0.25) is 0 Å². The summed E-state index contributed by atoms with van der Waals surface area (Å²) in [5.74, 6) is 0.867. The summed E-state index contributed by atoms with van der Waals surface area (Å²) in [7, 11) is 2.14. The molecule has 0 spiro atoms. The number of likely N-dealkylation sites (N-methyl/N-ethyl adjacent to an activating group) is 1. The average Bonchev–Trinajstić information content (AvgIpc) is 2.50. The van der Waals surface area contributed by atoms with Gasteiger partial charge >= 0.3 is 0 Å². The van der Waals surface area contributed by atoms with Gasteiger partial charge in [0.1, 0.15) is 11.9 Å². The van der Waals surface area contributed by atoms with Gasteiger partial charge in [-0.3, -0.25) is 0 Å². The van der Waals surface area contributed by atoms with Gasteiger partial charge in [0.05, 0.1) is 12.4 Å². The molecule has 0 aromatic carbocycles. The molecule has 1 aliphatic heterocycles. The van der Waals surface area contributed by atoms with Crippen molar-refractivity contribution in [2.75, 3.05) is 31.6 Å². The van der Waals surface area contributed by atoms with E-state index >= 15 is 0 Å². The van der Waals surface area contributed by atoms with E-state index in [-0.39, 0.29) is 0 Å². The molecule has 1 aliphatic rings.